The molecule has 1 aromatic carbocycles. The summed E-state index contributed by atoms with van der Waals surface area (Å²) in [5, 5.41) is 13.2. The number of aromatic nitrogens is 2. The number of hydrogen-bond acceptors (Lipinski definition) is 5. The second-order valence-corrected chi connectivity index (χ2v) is 4.34. The first kappa shape index (κ1) is 13.6. The lowest BCUT2D eigenvalue weighted by atomic mass is 10.2. The lowest BCUT2D eigenvalue weighted by Gasteiger charge is -2.10. The molecular formula is C14H10N4O4. The molecule has 0 atom stereocenters. The Labute approximate surface area is 124 Å². The van der Waals surface area contributed by atoms with E-state index in [0.717, 1.165) is 11.8 Å². The number of benzene rings is 1. The number of furan rings is 1. The summed E-state index contributed by atoms with van der Waals surface area (Å²) in [4.78, 5) is 26.0. The number of anilines is 1. The quantitative estimate of drug-likeness (QED) is 0.589. The van der Waals surface area contributed by atoms with Gasteiger partial charge in [0.25, 0.3) is 5.91 Å². The summed E-state index contributed by atoms with van der Waals surface area (Å²) in [7, 11) is 0. The Morgan fingerprint density at radius 1 is 1.27 bits per heavy atom. The first-order chi connectivity index (χ1) is 10.6. The number of para-hydroxylation sites is 2. The minimum Gasteiger partial charge on any atom is -0.395 e. The molecule has 8 heteroatoms. The zero-order chi connectivity index (χ0) is 15.5. The molecule has 0 spiro atoms. The number of rotatable bonds is 4. The van der Waals surface area contributed by atoms with Crippen molar-refractivity contribution in [3.8, 4) is 5.69 Å². The van der Waals surface area contributed by atoms with Crippen LogP contribution in [-0.2, 0) is 0 Å². The maximum Gasteiger partial charge on any atom is 0.433 e. The van der Waals surface area contributed by atoms with Gasteiger partial charge >= 0.3 is 5.88 Å². The highest BCUT2D eigenvalue weighted by atomic mass is 16.6. The van der Waals surface area contributed by atoms with Crippen molar-refractivity contribution < 1.29 is 14.1 Å². The number of nitrogens with one attached hydrogen (secondary N) is 1. The lowest BCUT2D eigenvalue weighted by molar-refractivity contribution is -0.402. The molecule has 110 valence electrons. The molecule has 0 saturated carbocycles. The van der Waals surface area contributed by atoms with Gasteiger partial charge in [-0.1, -0.05) is 12.1 Å². The molecule has 0 aliphatic heterocycles. The second kappa shape index (κ2) is 5.52. The Hall–Kier alpha value is -3.42. The maximum atomic E-state index is 12.1. The van der Waals surface area contributed by atoms with Crippen molar-refractivity contribution in [2.45, 2.75) is 0 Å². The molecule has 1 amide bonds. The van der Waals surface area contributed by atoms with E-state index in [1.807, 2.05) is 12.1 Å². The summed E-state index contributed by atoms with van der Waals surface area (Å²) in [5.74, 6) is -1.18. The predicted octanol–water partition coefficient (Wildman–Crippen LogP) is 2.63. The van der Waals surface area contributed by atoms with Crippen LogP contribution in [0.3, 0.4) is 0 Å². The van der Waals surface area contributed by atoms with Gasteiger partial charge in [0.2, 0.25) is 0 Å². The average Bonchev–Trinajstić information content (AvgIpc) is 3.19. The standard InChI is InChI=1S/C14H10N4O4/c19-14(12-5-6-13(22-12)18(20)21)16-10-3-1-2-4-11(10)17-8-7-15-9-17/h1-9H,(H,16,19). The molecule has 8 nitrogen and oxygen atoms in total. The maximum absolute atomic E-state index is 12.1. The second-order valence-electron chi connectivity index (χ2n) is 4.34. The van der Waals surface area contributed by atoms with E-state index in [2.05, 4.69) is 10.3 Å². The predicted molar refractivity (Wildman–Crippen MR) is 76.9 cm³/mol. The van der Waals surface area contributed by atoms with Crippen molar-refractivity contribution in [2.75, 3.05) is 5.32 Å². The van der Waals surface area contributed by atoms with Gasteiger partial charge in [-0.15, -0.1) is 0 Å². The SMILES string of the molecule is O=C(Nc1ccccc1-n1ccnc1)c1ccc([N+](=O)[O-])o1. The molecule has 2 heterocycles. The van der Waals surface area contributed by atoms with Crippen molar-refractivity contribution in [2.24, 2.45) is 0 Å². The third-order valence-electron chi connectivity index (χ3n) is 2.93. The normalized spacial score (nSPS) is 10.4. The summed E-state index contributed by atoms with van der Waals surface area (Å²) in [6, 6.07) is 9.50. The first-order valence-electron chi connectivity index (χ1n) is 6.28. The third-order valence-corrected chi connectivity index (χ3v) is 2.93. The van der Waals surface area contributed by atoms with E-state index in [9.17, 15) is 14.9 Å². The van der Waals surface area contributed by atoms with Crippen LogP contribution in [0.1, 0.15) is 10.6 Å². The summed E-state index contributed by atoms with van der Waals surface area (Å²) in [5.41, 5.74) is 1.25. The van der Waals surface area contributed by atoms with Gasteiger partial charge < -0.3 is 14.3 Å². The molecule has 0 aliphatic carbocycles. The Kier molecular flexibility index (Phi) is 3.40. The summed E-state index contributed by atoms with van der Waals surface area (Å²) >= 11 is 0. The summed E-state index contributed by atoms with van der Waals surface area (Å²) in [6.07, 6.45) is 4.96. The highest BCUT2D eigenvalue weighted by Crippen LogP contribution is 2.22. The summed E-state index contributed by atoms with van der Waals surface area (Å²) in [6.45, 7) is 0. The Morgan fingerprint density at radius 3 is 2.77 bits per heavy atom. The number of carbonyl (C=O) groups excluding carboxylic acids is 1. The first-order valence-corrected chi connectivity index (χ1v) is 6.28. The van der Waals surface area contributed by atoms with Gasteiger partial charge in [0.1, 0.15) is 4.92 Å². The molecular weight excluding hydrogens is 288 g/mol. The van der Waals surface area contributed by atoms with Gasteiger partial charge in [-0.2, -0.15) is 0 Å². The number of nitro groups is 1. The van der Waals surface area contributed by atoms with E-state index in [0.29, 0.717) is 5.69 Å². The van der Waals surface area contributed by atoms with Crippen LogP contribution in [0.4, 0.5) is 11.6 Å². The number of carbonyl (C=O) groups is 1. The van der Waals surface area contributed by atoms with Gasteiger partial charge in [0, 0.05) is 12.4 Å². The van der Waals surface area contributed by atoms with Crippen LogP contribution in [0.2, 0.25) is 0 Å². The lowest BCUT2D eigenvalue weighted by Crippen LogP contribution is -2.12. The number of amides is 1. The van der Waals surface area contributed by atoms with Crippen molar-refractivity contribution in [1.82, 2.24) is 9.55 Å². The topological polar surface area (TPSA) is 103 Å². The monoisotopic (exact) mass is 298 g/mol. The van der Waals surface area contributed by atoms with Gasteiger partial charge in [0.05, 0.1) is 23.8 Å². The molecule has 0 bridgehead atoms. The molecule has 0 saturated heterocycles. The fourth-order valence-electron chi connectivity index (χ4n) is 1.94. The highest BCUT2D eigenvalue weighted by Gasteiger charge is 2.18. The molecule has 0 unspecified atom stereocenters. The molecule has 2 aromatic heterocycles. The molecule has 1 N–H and O–H groups in total. The summed E-state index contributed by atoms with van der Waals surface area (Å²) < 4.78 is 6.62. The van der Waals surface area contributed by atoms with E-state index in [4.69, 9.17) is 4.42 Å². The van der Waals surface area contributed by atoms with Crippen LogP contribution in [0.15, 0.2) is 59.5 Å². The van der Waals surface area contributed by atoms with Gasteiger partial charge in [-0.05, 0) is 18.2 Å². The average molecular weight is 298 g/mol. The van der Waals surface area contributed by atoms with E-state index < -0.39 is 16.7 Å². The van der Waals surface area contributed by atoms with E-state index in [1.54, 1.807) is 35.4 Å². The number of hydrogen-bond donors (Lipinski definition) is 1. The van der Waals surface area contributed by atoms with Crippen LogP contribution in [0.25, 0.3) is 5.69 Å². The van der Waals surface area contributed by atoms with Crippen molar-refractivity contribution in [3.63, 3.8) is 0 Å². The van der Waals surface area contributed by atoms with Crippen LogP contribution in [0, 0.1) is 10.1 Å². The van der Waals surface area contributed by atoms with Crippen molar-refractivity contribution in [1.29, 1.82) is 0 Å². The van der Waals surface area contributed by atoms with Crippen LogP contribution in [0.5, 0.6) is 0 Å². The van der Waals surface area contributed by atoms with Crippen LogP contribution >= 0.6 is 0 Å². The molecule has 0 fully saturated rings. The highest BCUT2D eigenvalue weighted by molar-refractivity contribution is 6.03. The molecule has 3 aromatic rings. The zero-order valence-corrected chi connectivity index (χ0v) is 11.2. The van der Waals surface area contributed by atoms with Crippen molar-refractivity contribution in [3.05, 3.63) is 71.0 Å². The molecule has 3 rings (SSSR count). The minimum absolute atomic E-state index is 0.132. The van der Waals surface area contributed by atoms with Gasteiger partial charge in [0.15, 0.2) is 5.76 Å². The smallest absolute Gasteiger partial charge is 0.395 e. The zero-order valence-electron chi connectivity index (χ0n) is 11.2. The Bertz CT molecular complexity index is 823. The molecule has 22 heavy (non-hydrogen) atoms. The van der Waals surface area contributed by atoms with E-state index in [1.165, 1.54) is 6.07 Å². The molecule has 0 radical (unpaired) electrons. The van der Waals surface area contributed by atoms with Crippen molar-refractivity contribution >= 4 is 17.5 Å². The van der Waals surface area contributed by atoms with Gasteiger partial charge in [-0.25, -0.2) is 4.98 Å². The number of nitrogens with zero attached hydrogens (tertiary/aromatic N) is 3. The third kappa shape index (κ3) is 2.57. The van der Waals surface area contributed by atoms with Crippen LogP contribution < -0.4 is 5.32 Å². The molecule has 0 aliphatic rings. The number of imidazole rings is 1. The van der Waals surface area contributed by atoms with Crippen LogP contribution in [-0.4, -0.2) is 20.4 Å². The van der Waals surface area contributed by atoms with Gasteiger partial charge in [-0.3, -0.25) is 14.9 Å². The fraction of sp³-hybridized carbons (Fsp3) is 0. The van der Waals surface area contributed by atoms with E-state index >= 15 is 0 Å². The van der Waals surface area contributed by atoms with E-state index in [-0.39, 0.29) is 5.76 Å². The minimum atomic E-state index is -0.698. The fourth-order valence-corrected chi connectivity index (χ4v) is 1.94. The Balaban J connectivity index is 1.87. The Morgan fingerprint density at radius 2 is 2.09 bits per heavy atom. The largest absolute Gasteiger partial charge is 0.433 e.